The highest BCUT2D eigenvalue weighted by Gasteiger charge is 2.16. The third kappa shape index (κ3) is 5.78. The fraction of sp³-hybridized carbons (Fsp3) is 0.333. The Hall–Kier alpha value is -3.42. The molecule has 0 spiro atoms. The highest BCUT2D eigenvalue weighted by Crippen LogP contribution is 2.25. The minimum atomic E-state index is -0.472. The first-order valence-corrected chi connectivity index (χ1v) is 9.43. The van der Waals surface area contributed by atoms with E-state index in [1.165, 1.54) is 6.07 Å². The Kier molecular flexibility index (Phi) is 7.70. The smallest absolute Gasteiger partial charge is 0.338 e. The number of rotatable bonds is 9. The molecule has 29 heavy (non-hydrogen) atoms. The van der Waals surface area contributed by atoms with E-state index in [2.05, 4.69) is 5.32 Å². The molecule has 1 N–H and O–H groups in total. The second-order valence-corrected chi connectivity index (χ2v) is 6.36. The zero-order chi connectivity index (χ0) is 21.4. The Morgan fingerprint density at radius 3 is 2.55 bits per heavy atom. The van der Waals surface area contributed by atoms with Crippen molar-refractivity contribution >= 4 is 28.9 Å². The van der Waals surface area contributed by atoms with Crippen LogP contribution in [-0.2, 0) is 9.53 Å². The number of ether oxygens (including phenoxy) is 1. The SMILES string of the molecule is CCOC(=O)c1cccc(N(CC)CCC(=O)Nc2cccc([N+](=O)[O-])c2C)c1. The minimum absolute atomic E-state index is 0.0336. The number of nitro benzene ring substituents is 1. The maximum absolute atomic E-state index is 12.4. The van der Waals surface area contributed by atoms with Gasteiger partial charge in [-0.05, 0) is 45.0 Å². The Bertz CT molecular complexity index is 898. The zero-order valence-corrected chi connectivity index (χ0v) is 16.8. The molecule has 0 bridgehead atoms. The van der Waals surface area contributed by atoms with E-state index >= 15 is 0 Å². The molecular formula is C21H25N3O5. The van der Waals surface area contributed by atoms with Crippen LogP contribution in [0.25, 0.3) is 0 Å². The van der Waals surface area contributed by atoms with Crippen LogP contribution in [0.4, 0.5) is 17.1 Å². The maximum atomic E-state index is 12.4. The third-order valence-corrected chi connectivity index (χ3v) is 4.49. The standard InChI is InChI=1S/C21H25N3O5/c1-4-23(17-9-6-8-16(14-17)21(26)29-5-2)13-12-20(25)22-18-10-7-11-19(15(18)3)24(27)28/h6-11,14H,4-5,12-13H2,1-3H3,(H,22,25). The maximum Gasteiger partial charge on any atom is 0.338 e. The van der Waals surface area contributed by atoms with E-state index in [1.54, 1.807) is 44.2 Å². The van der Waals surface area contributed by atoms with Crippen molar-refractivity contribution in [1.82, 2.24) is 0 Å². The molecule has 0 aliphatic rings. The van der Waals surface area contributed by atoms with E-state index in [0.717, 1.165) is 5.69 Å². The number of anilines is 2. The molecule has 154 valence electrons. The van der Waals surface area contributed by atoms with Gasteiger partial charge in [-0.2, -0.15) is 0 Å². The lowest BCUT2D eigenvalue weighted by Gasteiger charge is -2.23. The fourth-order valence-corrected chi connectivity index (χ4v) is 2.92. The van der Waals surface area contributed by atoms with Crippen molar-refractivity contribution in [3.8, 4) is 0 Å². The third-order valence-electron chi connectivity index (χ3n) is 4.49. The molecule has 0 saturated carbocycles. The topological polar surface area (TPSA) is 102 Å². The Labute approximate surface area is 169 Å². The van der Waals surface area contributed by atoms with Gasteiger partial charge in [-0.3, -0.25) is 14.9 Å². The van der Waals surface area contributed by atoms with Crippen molar-refractivity contribution in [2.45, 2.75) is 27.2 Å². The first-order chi connectivity index (χ1) is 13.9. The van der Waals surface area contributed by atoms with Gasteiger partial charge in [-0.1, -0.05) is 12.1 Å². The van der Waals surface area contributed by atoms with Crippen LogP contribution in [0.1, 0.15) is 36.2 Å². The summed E-state index contributed by atoms with van der Waals surface area (Å²) in [5.41, 5.74) is 2.09. The molecule has 1 amide bonds. The van der Waals surface area contributed by atoms with Crippen molar-refractivity contribution < 1.29 is 19.2 Å². The molecule has 0 fully saturated rings. The highest BCUT2D eigenvalue weighted by molar-refractivity contribution is 5.92. The largest absolute Gasteiger partial charge is 0.462 e. The summed E-state index contributed by atoms with van der Waals surface area (Å²) in [6, 6.07) is 11.7. The molecule has 0 atom stereocenters. The number of esters is 1. The van der Waals surface area contributed by atoms with E-state index in [0.29, 0.717) is 36.5 Å². The number of carbonyl (C=O) groups excluding carboxylic acids is 2. The number of benzene rings is 2. The number of hydrogen-bond donors (Lipinski definition) is 1. The number of carbonyl (C=O) groups is 2. The first-order valence-electron chi connectivity index (χ1n) is 9.43. The first kappa shape index (κ1) is 21.9. The fourth-order valence-electron chi connectivity index (χ4n) is 2.92. The van der Waals surface area contributed by atoms with Gasteiger partial charge >= 0.3 is 5.97 Å². The highest BCUT2D eigenvalue weighted by atomic mass is 16.6. The summed E-state index contributed by atoms with van der Waals surface area (Å²) in [5, 5.41) is 13.8. The predicted octanol–water partition coefficient (Wildman–Crippen LogP) is 3.94. The van der Waals surface area contributed by atoms with Crippen LogP contribution in [-0.4, -0.2) is 36.5 Å². The van der Waals surface area contributed by atoms with Crippen LogP contribution in [0.15, 0.2) is 42.5 Å². The Morgan fingerprint density at radius 2 is 1.90 bits per heavy atom. The molecule has 0 saturated heterocycles. The van der Waals surface area contributed by atoms with Gasteiger partial charge in [0.25, 0.3) is 5.69 Å². The van der Waals surface area contributed by atoms with Crippen molar-refractivity contribution in [2.75, 3.05) is 29.9 Å². The minimum Gasteiger partial charge on any atom is -0.462 e. The quantitative estimate of drug-likeness (QED) is 0.389. The van der Waals surface area contributed by atoms with E-state index in [-0.39, 0.29) is 24.0 Å². The van der Waals surface area contributed by atoms with E-state index in [9.17, 15) is 19.7 Å². The van der Waals surface area contributed by atoms with Crippen LogP contribution in [0.5, 0.6) is 0 Å². The molecule has 2 aromatic rings. The van der Waals surface area contributed by atoms with Gasteiger partial charge in [0.2, 0.25) is 5.91 Å². The molecule has 0 aromatic heterocycles. The number of nitrogens with zero attached hydrogens (tertiary/aromatic N) is 2. The van der Waals surface area contributed by atoms with Gasteiger partial charge in [0.15, 0.2) is 0 Å². The molecule has 8 heteroatoms. The van der Waals surface area contributed by atoms with E-state index < -0.39 is 4.92 Å². The van der Waals surface area contributed by atoms with Gasteiger partial charge in [-0.15, -0.1) is 0 Å². The van der Waals surface area contributed by atoms with Crippen LogP contribution in [0, 0.1) is 17.0 Å². The summed E-state index contributed by atoms with van der Waals surface area (Å²) in [7, 11) is 0. The Morgan fingerprint density at radius 1 is 1.17 bits per heavy atom. The summed E-state index contributed by atoms with van der Waals surface area (Å²) in [5.74, 6) is -0.627. The lowest BCUT2D eigenvalue weighted by Crippen LogP contribution is -2.28. The summed E-state index contributed by atoms with van der Waals surface area (Å²) < 4.78 is 5.03. The van der Waals surface area contributed by atoms with Crippen molar-refractivity contribution in [3.63, 3.8) is 0 Å². The van der Waals surface area contributed by atoms with Crippen LogP contribution >= 0.6 is 0 Å². The summed E-state index contributed by atoms with van der Waals surface area (Å²) in [4.78, 5) is 36.9. The van der Waals surface area contributed by atoms with Crippen LogP contribution in [0.3, 0.4) is 0 Å². The van der Waals surface area contributed by atoms with Crippen LogP contribution < -0.4 is 10.2 Å². The molecule has 0 aliphatic carbocycles. The predicted molar refractivity (Wildman–Crippen MR) is 111 cm³/mol. The molecule has 0 radical (unpaired) electrons. The lowest BCUT2D eigenvalue weighted by atomic mass is 10.1. The summed E-state index contributed by atoms with van der Waals surface area (Å²) in [6.07, 6.45) is 0.194. The van der Waals surface area contributed by atoms with Gasteiger partial charge in [-0.25, -0.2) is 4.79 Å². The average Bonchev–Trinajstić information content (AvgIpc) is 2.70. The van der Waals surface area contributed by atoms with Crippen molar-refractivity contribution in [1.29, 1.82) is 0 Å². The second-order valence-electron chi connectivity index (χ2n) is 6.36. The molecular weight excluding hydrogens is 374 g/mol. The second kappa shape index (κ2) is 10.2. The van der Waals surface area contributed by atoms with Gasteiger partial charge in [0.1, 0.15) is 0 Å². The summed E-state index contributed by atoms with van der Waals surface area (Å²) >= 11 is 0. The molecule has 0 aliphatic heterocycles. The molecule has 8 nitrogen and oxygen atoms in total. The van der Waals surface area contributed by atoms with E-state index in [4.69, 9.17) is 4.74 Å². The summed E-state index contributed by atoms with van der Waals surface area (Å²) in [6.45, 7) is 6.70. The van der Waals surface area contributed by atoms with Crippen molar-refractivity contribution in [3.05, 3.63) is 63.7 Å². The lowest BCUT2D eigenvalue weighted by molar-refractivity contribution is -0.385. The van der Waals surface area contributed by atoms with Crippen molar-refractivity contribution in [2.24, 2.45) is 0 Å². The van der Waals surface area contributed by atoms with Gasteiger partial charge < -0.3 is 15.0 Å². The normalized spacial score (nSPS) is 10.3. The number of nitro groups is 1. The van der Waals surface area contributed by atoms with E-state index in [1.807, 2.05) is 17.9 Å². The molecule has 2 aromatic carbocycles. The molecule has 0 unspecified atom stereocenters. The Balaban J connectivity index is 2.03. The average molecular weight is 399 g/mol. The number of amides is 1. The zero-order valence-electron chi connectivity index (χ0n) is 16.8. The molecule has 0 heterocycles. The number of nitrogens with one attached hydrogen (secondary N) is 1. The van der Waals surface area contributed by atoms with Crippen LogP contribution in [0.2, 0.25) is 0 Å². The number of hydrogen-bond acceptors (Lipinski definition) is 6. The molecule has 2 rings (SSSR count). The van der Waals surface area contributed by atoms with Gasteiger partial charge in [0, 0.05) is 31.3 Å². The monoisotopic (exact) mass is 399 g/mol. The van der Waals surface area contributed by atoms with Gasteiger partial charge in [0.05, 0.1) is 28.3 Å².